The third kappa shape index (κ3) is 4.18. The lowest BCUT2D eigenvalue weighted by Crippen LogP contribution is -2.49. The van der Waals surface area contributed by atoms with Crippen molar-refractivity contribution in [3.05, 3.63) is 0 Å². The van der Waals surface area contributed by atoms with Crippen LogP contribution in [0.5, 0.6) is 0 Å². The molecular weight excluding hydrogens is 327 g/mol. The highest BCUT2D eigenvalue weighted by atomic mass is 19.4. The molecule has 2 saturated heterocycles. The molecule has 1 unspecified atom stereocenters. The number of rotatable bonds is 3. The number of carbonyl (C=O) groups is 3. The van der Waals surface area contributed by atoms with E-state index in [0.29, 0.717) is 6.54 Å². The van der Waals surface area contributed by atoms with Gasteiger partial charge in [0.05, 0.1) is 6.04 Å². The monoisotopic (exact) mass is 349 g/mol. The number of carbonyl (C=O) groups excluding carboxylic acids is 3. The minimum absolute atomic E-state index is 0.0131. The van der Waals surface area contributed by atoms with Gasteiger partial charge in [0.2, 0.25) is 11.8 Å². The number of alkyl halides is 3. The number of amides is 3. The van der Waals surface area contributed by atoms with Crippen molar-refractivity contribution in [3.63, 3.8) is 0 Å². The normalized spacial score (nSPS) is 23.1. The van der Waals surface area contributed by atoms with Crippen molar-refractivity contribution in [1.29, 1.82) is 0 Å². The van der Waals surface area contributed by atoms with Crippen molar-refractivity contribution in [2.24, 2.45) is 5.92 Å². The average Bonchev–Trinajstić information content (AvgIpc) is 2.86. The minimum Gasteiger partial charge on any atom is -0.351 e. The summed E-state index contributed by atoms with van der Waals surface area (Å²) in [6, 6.07) is -0.196. The summed E-state index contributed by atoms with van der Waals surface area (Å²) in [6.45, 7) is 4.08. The molecular formula is C15H22F3N3O3. The van der Waals surface area contributed by atoms with E-state index in [4.69, 9.17) is 0 Å². The molecule has 2 heterocycles. The number of piperidine rings is 1. The van der Waals surface area contributed by atoms with E-state index in [2.05, 4.69) is 5.32 Å². The summed E-state index contributed by atoms with van der Waals surface area (Å²) in [5, 5.41) is 2.81. The fraction of sp³-hybridized carbons (Fsp3) is 0.800. The van der Waals surface area contributed by atoms with Gasteiger partial charge in [-0.3, -0.25) is 14.4 Å². The molecule has 0 aliphatic carbocycles. The Labute approximate surface area is 138 Å². The first kappa shape index (κ1) is 18.5. The molecule has 0 bridgehead atoms. The topological polar surface area (TPSA) is 69.7 Å². The van der Waals surface area contributed by atoms with E-state index < -0.39 is 18.0 Å². The van der Waals surface area contributed by atoms with Gasteiger partial charge in [-0.15, -0.1) is 0 Å². The van der Waals surface area contributed by atoms with E-state index in [0.717, 1.165) is 4.90 Å². The van der Waals surface area contributed by atoms with Crippen LogP contribution in [0.15, 0.2) is 0 Å². The second-order valence-corrected chi connectivity index (χ2v) is 6.61. The summed E-state index contributed by atoms with van der Waals surface area (Å²) in [5.74, 6) is -2.54. The zero-order valence-electron chi connectivity index (χ0n) is 13.7. The molecule has 0 spiro atoms. The fourth-order valence-corrected chi connectivity index (χ4v) is 3.17. The van der Waals surface area contributed by atoms with Crippen LogP contribution in [0.2, 0.25) is 0 Å². The first-order valence-corrected chi connectivity index (χ1v) is 8.05. The Morgan fingerprint density at radius 2 is 1.79 bits per heavy atom. The molecule has 1 N–H and O–H groups in total. The maximum Gasteiger partial charge on any atom is 0.471 e. The van der Waals surface area contributed by atoms with Crippen molar-refractivity contribution in [1.82, 2.24) is 15.1 Å². The Morgan fingerprint density at radius 1 is 1.21 bits per heavy atom. The largest absolute Gasteiger partial charge is 0.471 e. The summed E-state index contributed by atoms with van der Waals surface area (Å²) in [6.07, 6.45) is -4.24. The van der Waals surface area contributed by atoms with E-state index in [9.17, 15) is 27.6 Å². The molecule has 3 amide bonds. The van der Waals surface area contributed by atoms with Crippen LogP contribution in [0.3, 0.4) is 0 Å². The number of halogens is 3. The standard InChI is InChI=1S/C15H22F3N3O3/c1-9(2)21-8-11(7-12(21)22)19-13(23)10-3-5-20(6-4-10)14(24)15(16,17)18/h9-11H,3-8H2,1-2H3,(H,19,23). The molecule has 2 rings (SSSR count). The highest BCUT2D eigenvalue weighted by molar-refractivity contribution is 5.84. The van der Waals surface area contributed by atoms with Gasteiger partial charge in [0, 0.05) is 38.0 Å². The van der Waals surface area contributed by atoms with Crippen molar-refractivity contribution in [2.45, 2.75) is 51.4 Å². The van der Waals surface area contributed by atoms with Gasteiger partial charge in [0.1, 0.15) is 0 Å². The van der Waals surface area contributed by atoms with E-state index >= 15 is 0 Å². The van der Waals surface area contributed by atoms with Gasteiger partial charge in [-0.2, -0.15) is 13.2 Å². The molecule has 136 valence electrons. The van der Waals surface area contributed by atoms with E-state index in [1.54, 1.807) is 4.90 Å². The lowest BCUT2D eigenvalue weighted by molar-refractivity contribution is -0.186. The number of nitrogens with one attached hydrogen (secondary N) is 1. The third-order valence-corrected chi connectivity index (χ3v) is 4.52. The van der Waals surface area contributed by atoms with Crippen molar-refractivity contribution in [3.8, 4) is 0 Å². The number of hydrogen-bond donors (Lipinski definition) is 1. The highest BCUT2D eigenvalue weighted by Crippen LogP contribution is 2.24. The number of hydrogen-bond acceptors (Lipinski definition) is 3. The van der Waals surface area contributed by atoms with Gasteiger partial charge >= 0.3 is 12.1 Å². The number of likely N-dealkylation sites (tertiary alicyclic amines) is 2. The van der Waals surface area contributed by atoms with Crippen LogP contribution in [-0.2, 0) is 14.4 Å². The zero-order valence-corrected chi connectivity index (χ0v) is 13.7. The van der Waals surface area contributed by atoms with Crippen LogP contribution in [0, 0.1) is 5.92 Å². The smallest absolute Gasteiger partial charge is 0.351 e. The Hall–Kier alpha value is -1.80. The van der Waals surface area contributed by atoms with E-state index in [1.165, 1.54) is 0 Å². The summed E-state index contributed by atoms with van der Waals surface area (Å²) in [4.78, 5) is 37.7. The molecule has 0 saturated carbocycles. The predicted molar refractivity (Wildman–Crippen MR) is 78.8 cm³/mol. The maximum absolute atomic E-state index is 12.4. The zero-order chi connectivity index (χ0) is 18.1. The summed E-state index contributed by atoms with van der Waals surface area (Å²) in [5.41, 5.74) is 0. The molecule has 0 aromatic carbocycles. The molecule has 24 heavy (non-hydrogen) atoms. The van der Waals surface area contributed by atoms with Gasteiger partial charge in [-0.1, -0.05) is 0 Å². The average molecular weight is 349 g/mol. The van der Waals surface area contributed by atoms with Gasteiger partial charge in [-0.05, 0) is 26.7 Å². The quantitative estimate of drug-likeness (QED) is 0.824. The Balaban J connectivity index is 1.82. The fourth-order valence-electron chi connectivity index (χ4n) is 3.17. The van der Waals surface area contributed by atoms with Crippen molar-refractivity contribution in [2.75, 3.05) is 19.6 Å². The summed E-state index contributed by atoms with van der Waals surface area (Å²) >= 11 is 0. The SMILES string of the molecule is CC(C)N1CC(NC(=O)C2CCN(C(=O)C(F)(F)F)CC2)CC1=O. The second-order valence-electron chi connectivity index (χ2n) is 6.61. The third-order valence-electron chi connectivity index (χ3n) is 4.52. The van der Waals surface area contributed by atoms with Crippen LogP contribution in [0.25, 0.3) is 0 Å². The lowest BCUT2D eigenvalue weighted by Gasteiger charge is -2.32. The molecule has 0 aromatic rings. The molecule has 6 nitrogen and oxygen atoms in total. The van der Waals surface area contributed by atoms with Gasteiger partial charge < -0.3 is 15.1 Å². The Bertz CT molecular complexity index is 514. The molecule has 0 radical (unpaired) electrons. The highest BCUT2D eigenvalue weighted by Gasteiger charge is 2.44. The minimum atomic E-state index is -4.88. The Morgan fingerprint density at radius 3 is 2.25 bits per heavy atom. The van der Waals surface area contributed by atoms with Crippen molar-refractivity contribution >= 4 is 17.7 Å². The molecule has 2 aliphatic rings. The first-order chi connectivity index (χ1) is 11.1. The molecule has 2 fully saturated rings. The number of nitrogens with zero attached hydrogens (tertiary/aromatic N) is 2. The molecule has 9 heteroatoms. The lowest BCUT2D eigenvalue weighted by atomic mass is 9.95. The van der Waals surface area contributed by atoms with Gasteiger partial charge in [-0.25, -0.2) is 0 Å². The van der Waals surface area contributed by atoms with Gasteiger partial charge in [0.25, 0.3) is 0 Å². The van der Waals surface area contributed by atoms with E-state index in [1.807, 2.05) is 13.8 Å². The van der Waals surface area contributed by atoms with Gasteiger partial charge in [0.15, 0.2) is 0 Å². The molecule has 0 aromatic heterocycles. The second kappa shape index (κ2) is 6.98. The van der Waals surface area contributed by atoms with Crippen LogP contribution >= 0.6 is 0 Å². The molecule has 2 aliphatic heterocycles. The van der Waals surface area contributed by atoms with E-state index in [-0.39, 0.29) is 56.3 Å². The predicted octanol–water partition coefficient (Wildman–Crippen LogP) is 0.913. The summed E-state index contributed by atoms with van der Waals surface area (Å²) in [7, 11) is 0. The van der Waals surface area contributed by atoms with Crippen LogP contribution in [-0.4, -0.2) is 65.4 Å². The summed E-state index contributed by atoms with van der Waals surface area (Å²) < 4.78 is 37.2. The van der Waals surface area contributed by atoms with Crippen molar-refractivity contribution < 1.29 is 27.6 Å². The maximum atomic E-state index is 12.4. The van der Waals surface area contributed by atoms with Crippen LogP contribution in [0.4, 0.5) is 13.2 Å². The van der Waals surface area contributed by atoms with Crippen LogP contribution in [0.1, 0.15) is 33.1 Å². The molecule has 1 atom stereocenters. The van der Waals surface area contributed by atoms with Crippen LogP contribution < -0.4 is 5.32 Å². The first-order valence-electron chi connectivity index (χ1n) is 8.05. The Kier molecular flexibility index (Phi) is 5.39.